The summed E-state index contributed by atoms with van der Waals surface area (Å²) in [5.41, 5.74) is -0.699. The van der Waals surface area contributed by atoms with Crippen molar-refractivity contribution in [2.24, 2.45) is 0 Å². The Kier molecular flexibility index (Phi) is 4.86. The van der Waals surface area contributed by atoms with E-state index in [9.17, 15) is 22.8 Å². The molecular weight excluding hydrogens is 351 g/mol. The smallest absolute Gasteiger partial charge is 0.452 e. The average Bonchev–Trinajstić information content (AvgIpc) is 2.61. The third kappa shape index (κ3) is 4.11. The minimum Gasteiger partial charge on any atom is -0.452 e. The van der Waals surface area contributed by atoms with Gasteiger partial charge in [-0.25, -0.2) is 9.59 Å². The molecule has 5 nitrogen and oxygen atoms in total. The van der Waals surface area contributed by atoms with Gasteiger partial charge in [-0.05, 0) is 44.1 Å². The van der Waals surface area contributed by atoms with E-state index in [1.807, 2.05) is 30.3 Å². The number of amides is 1. The quantitative estimate of drug-likeness (QED) is 0.817. The summed E-state index contributed by atoms with van der Waals surface area (Å²) in [6.45, 7) is 0.149. The standard InChI is InChI=1S/C18H20F3NO4/c19-18(20,21)14(23)26-17-9-6-16(7-10-17,8-11-17)22-15(24)25-12-13-4-2-1-3-5-13/h1-5H,6-12H2,(H,22,24). The van der Waals surface area contributed by atoms with Crippen molar-refractivity contribution in [3.05, 3.63) is 35.9 Å². The summed E-state index contributed by atoms with van der Waals surface area (Å²) in [7, 11) is 0. The largest absolute Gasteiger partial charge is 0.490 e. The fourth-order valence-corrected chi connectivity index (χ4v) is 3.72. The van der Waals surface area contributed by atoms with Gasteiger partial charge in [0, 0.05) is 5.54 Å². The summed E-state index contributed by atoms with van der Waals surface area (Å²) in [6, 6.07) is 9.25. The van der Waals surface area contributed by atoms with Crippen LogP contribution in [-0.4, -0.2) is 29.4 Å². The second kappa shape index (κ2) is 6.81. The maximum absolute atomic E-state index is 12.4. The Balaban J connectivity index is 1.51. The van der Waals surface area contributed by atoms with Crippen LogP contribution in [0.2, 0.25) is 0 Å². The van der Waals surface area contributed by atoms with Crippen molar-refractivity contribution in [1.82, 2.24) is 5.32 Å². The van der Waals surface area contributed by atoms with E-state index in [0.29, 0.717) is 38.5 Å². The Morgan fingerprint density at radius 1 is 1.00 bits per heavy atom. The van der Waals surface area contributed by atoms with Crippen molar-refractivity contribution in [1.29, 1.82) is 0 Å². The van der Waals surface area contributed by atoms with E-state index in [1.165, 1.54) is 0 Å². The van der Waals surface area contributed by atoms with Crippen molar-refractivity contribution >= 4 is 12.1 Å². The van der Waals surface area contributed by atoms with E-state index in [1.54, 1.807) is 0 Å². The maximum atomic E-state index is 12.4. The lowest BCUT2D eigenvalue weighted by molar-refractivity contribution is -0.222. The second-order valence-corrected chi connectivity index (χ2v) is 7.04. The van der Waals surface area contributed by atoms with Crippen molar-refractivity contribution in [2.75, 3.05) is 0 Å². The number of benzene rings is 1. The average molecular weight is 371 g/mol. The molecule has 0 radical (unpaired) electrons. The van der Waals surface area contributed by atoms with E-state index in [4.69, 9.17) is 9.47 Å². The Morgan fingerprint density at radius 2 is 1.58 bits per heavy atom. The Bertz CT molecular complexity index is 650. The van der Waals surface area contributed by atoms with Crippen molar-refractivity contribution < 1.29 is 32.2 Å². The lowest BCUT2D eigenvalue weighted by Crippen LogP contribution is -2.60. The highest BCUT2D eigenvalue weighted by atomic mass is 19.4. The molecule has 1 aromatic rings. The van der Waals surface area contributed by atoms with Crippen LogP contribution >= 0.6 is 0 Å². The molecule has 0 aliphatic heterocycles. The van der Waals surface area contributed by atoms with Crippen molar-refractivity contribution in [3.8, 4) is 0 Å². The summed E-state index contributed by atoms with van der Waals surface area (Å²) in [6.07, 6.45) is -3.26. The molecule has 26 heavy (non-hydrogen) atoms. The molecule has 0 heterocycles. The van der Waals surface area contributed by atoms with Gasteiger partial charge in [0.1, 0.15) is 12.2 Å². The first-order valence-electron chi connectivity index (χ1n) is 8.51. The SMILES string of the molecule is O=C(NC12CCC(OC(=O)C(F)(F)F)(CC1)CC2)OCc1ccccc1. The predicted octanol–water partition coefficient (Wildman–Crippen LogP) is 3.86. The Hall–Kier alpha value is -2.25. The number of carbonyl (C=O) groups is 2. The van der Waals surface area contributed by atoms with Crippen LogP contribution in [-0.2, 0) is 20.9 Å². The van der Waals surface area contributed by atoms with E-state index >= 15 is 0 Å². The van der Waals surface area contributed by atoms with Gasteiger partial charge in [-0.2, -0.15) is 13.2 Å². The first-order valence-corrected chi connectivity index (χ1v) is 8.51. The molecule has 0 aromatic heterocycles. The molecule has 4 rings (SSSR count). The van der Waals surface area contributed by atoms with Crippen LogP contribution in [0.25, 0.3) is 0 Å². The highest BCUT2D eigenvalue weighted by Crippen LogP contribution is 2.49. The number of halogens is 3. The van der Waals surface area contributed by atoms with Gasteiger partial charge in [0.15, 0.2) is 0 Å². The fraction of sp³-hybridized carbons (Fsp3) is 0.556. The third-order valence-corrected chi connectivity index (χ3v) is 5.30. The molecule has 0 spiro atoms. The van der Waals surface area contributed by atoms with Gasteiger partial charge in [0.2, 0.25) is 0 Å². The number of ether oxygens (including phenoxy) is 2. The van der Waals surface area contributed by atoms with Crippen LogP contribution in [0.5, 0.6) is 0 Å². The molecule has 8 heteroatoms. The number of alkyl carbamates (subject to hydrolysis) is 1. The molecule has 1 N–H and O–H groups in total. The normalized spacial score (nSPS) is 27.7. The van der Waals surface area contributed by atoms with Gasteiger partial charge >= 0.3 is 18.2 Å². The number of fused-ring (bicyclic) bond motifs is 3. The van der Waals surface area contributed by atoms with Crippen LogP contribution in [0.4, 0.5) is 18.0 Å². The highest BCUT2D eigenvalue weighted by molar-refractivity contribution is 5.76. The van der Waals surface area contributed by atoms with Crippen LogP contribution in [0.15, 0.2) is 30.3 Å². The molecule has 0 atom stereocenters. The Labute approximate surface area is 148 Å². The number of alkyl halides is 3. The van der Waals surface area contributed by atoms with Gasteiger partial charge in [0.05, 0.1) is 0 Å². The van der Waals surface area contributed by atoms with E-state index in [2.05, 4.69) is 5.32 Å². The number of hydrogen-bond donors (Lipinski definition) is 1. The van der Waals surface area contributed by atoms with Crippen molar-refractivity contribution in [3.63, 3.8) is 0 Å². The number of hydrogen-bond acceptors (Lipinski definition) is 4. The maximum Gasteiger partial charge on any atom is 0.490 e. The second-order valence-electron chi connectivity index (χ2n) is 7.04. The van der Waals surface area contributed by atoms with Crippen LogP contribution in [0, 0.1) is 0 Å². The Morgan fingerprint density at radius 3 is 2.12 bits per heavy atom. The third-order valence-electron chi connectivity index (χ3n) is 5.30. The minimum atomic E-state index is -4.99. The monoisotopic (exact) mass is 371 g/mol. The van der Waals surface area contributed by atoms with Crippen molar-refractivity contribution in [2.45, 2.75) is 62.4 Å². The van der Waals surface area contributed by atoms with Crippen LogP contribution in [0.3, 0.4) is 0 Å². The summed E-state index contributed by atoms with van der Waals surface area (Å²) < 4.78 is 47.3. The molecule has 142 valence electrons. The van der Waals surface area contributed by atoms with E-state index in [0.717, 1.165) is 5.56 Å². The molecule has 0 saturated heterocycles. The van der Waals surface area contributed by atoms with E-state index in [-0.39, 0.29) is 6.61 Å². The fourth-order valence-electron chi connectivity index (χ4n) is 3.72. The molecule has 2 bridgehead atoms. The molecular formula is C18H20F3NO4. The first-order chi connectivity index (χ1) is 12.2. The zero-order valence-corrected chi connectivity index (χ0v) is 14.1. The van der Waals surface area contributed by atoms with Gasteiger partial charge in [-0.15, -0.1) is 0 Å². The number of carbonyl (C=O) groups excluding carboxylic acids is 2. The molecule has 3 fully saturated rings. The predicted molar refractivity (Wildman–Crippen MR) is 85.1 cm³/mol. The molecule has 3 aliphatic rings. The minimum absolute atomic E-state index is 0.149. The van der Waals surface area contributed by atoms with Crippen LogP contribution in [0.1, 0.15) is 44.1 Å². The molecule has 0 unspecified atom stereocenters. The van der Waals surface area contributed by atoms with Gasteiger partial charge in [0.25, 0.3) is 0 Å². The summed E-state index contributed by atoms with van der Waals surface area (Å²) in [5, 5.41) is 2.87. The van der Waals surface area contributed by atoms with Gasteiger partial charge < -0.3 is 14.8 Å². The number of nitrogens with one attached hydrogen (secondary N) is 1. The molecule has 3 saturated carbocycles. The number of rotatable bonds is 4. The van der Waals surface area contributed by atoms with E-state index < -0.39 is 29.4 Å². The van der Waals surface area contributed by atoms with Gasteiger partial charge in [-0.3, -0.25) is 0 Å². The van der Waals surface area contributed by atoms with Crippen LogP contribution < -0.4 is 5.32 Å². The summed E-state index contributed by atoms with van der Waals surface area (Å²) >= 11 is 0. The molecule has 1 aromatic carbocycles. The number of esters is 1. The summed E-state index contributed by atoms with van der Waals surface area (Å²) in [5.74, 6) is -2.14. The topological polar surface area (TPSA) is 64.6 Å². The first kappa shape index (κ1) is 18.5. The zero-order chi connectivity index (χ0) is 18.8. The summed E-state index contributed by atoms with van der Waals surface area (Å²) in [4.78, 5) is 23.2. The zero-order valence-electron chi connectivity index (χ0n) is 14.1. The highest BCUT2D eigenvalue weighted by Gasteiger charge is 2.54. The molecule has 3 aliphatic carbocycles. The molecule has 1 amide bonds. The lowest BCUT2D eigenvalue weighted by Gasteiger charge is -2.52. The lowest BCUT2D eigenvalue weighted by atomic mass is 9.63. The van der Waals surface area contributed by atoms with Gasteiger partial charge in [-0.1, -0.05) is 30.3 Å².